The summed E-state index contributed by atoms with van der Waals surface area (Å²) < 4.78 is 32.2. The summed E-state index contributed by atoms with van der Waals surface area (Å²) >= 11 is 0. The van der Waals surface area contributed by atoms with Crippen LogP contribution in [-0.4, -0.2) is 85.1 Å². The van der Waals surface area contributed by atoms with Gasteiger partial charge in [-0.15, -0.1) is 0 Å². The van der Waals surface area contributed by atoms with Gasteiger partial charge in [0.25, 0.3) is 0 Å². The van der Waals surface area contributed by atoms with Gasteiger partial charge in [-0.05, 0) is 13.3 Å². The Morgan fingerprint density at radius 1 is 0.538 bits per heavy atom. The van der Waals surface area contributed by atoms with Crippen LogP contribution in [-0.2, 0) is 33.2 Å². The molecule has 7 heteroatoms. The molecule has 0 bridgehead atoms. The van der Waals surface area contributed by atoms with Gasteiger partial charge in [-0.25, -0.2) is 0 Å². The minimum absolute atomic E-state index is 0.139. The molecule has 156 valence electrons. The third kappa shape index (κ3) is 23.4. The van der Waals surface area contributed by atoms with Gasteiger partial charge >= 0.3 is 0 Å². The standard InChI is InChI=1S/C19H38O7/c1-3-4-5-7-21-9-11-23-13-15-25-17-18-26-16-14-24-12-10-22-8-6-19(2)20/h3-18H2,1-2H3. The van der Waals surface area contributed by atoms with Crippen molar-refractivity contribution in [3.63, 3.8) is 0 Å². The molecule has 0 spiro atoms. The topological polar surface area (TPSA) is 72.5 Å². The fourth-order valence-corrected chi connectivity index (χ4v) is 1.87. The van der Waals surface area contributed by atoms with E-state index in [-0.39, 0.29) is 5.78 Å². The van der Waals surface area contributed by atoms with Crippen molar-refractivity contribution >= 4 is 5.78 Å². The van der Waals surface area contributed by atoms with Gasteiger partial charge in [0.05, 0.1) is 72.7 Å². The largest absolute Gasteiger partial charge is 0.379 e. The summed E-state index contributed by atoms with van der Waals surface area (Å²) in [6, 6.07) is 0. The van der Waals surface area contributed by atoms with Crippen LogP contribution in [0.15, 0.2) is 0 Å². The number of hydrogen-bond donors (Lipinski definition) is 0. The van der Waals surface area contributed by atoms with E-state index >= 15 is 0 Å². The van der Waals surface area contributed by atoms with Crippen LogP contribution in [0, 0.1) is 0 Å². The van der Waals surface area contributed by atoms with Crippen LogP contribution in [0.2, 0.25) is 0 Å². The average Bonchev–Trinajstić information content (AvgIpc) is 2.62. The third-order valence-electron chi connectivity index (χ3n) is 3.35. The molecule has 0 aliphatic rings. The normalized spacial score (nSPS) is 11.2. The molecule has 0 saturated carbocycles. The van der Waals surface area contributed by atoms with E-state index in [2.05, 4.69) is 6.92 Å². The fourth-order valence-electron chi connectivity index (χ4n) is 1.87. The van der Waals surface area contributed by atoms with Crippen molar-refractivity contribution in [2.45, 2.75) is 39.5 Å². The van der Waals surface area contributed by atoms with E-state index < -0.39 is 0 Å². The highest BCUT2D eigenvalue weighted by Crippen LogP contribution is 1.93. The van der Waals surface area contributed by atoms with Crippen LogP contribution >= 0.6 is 0 Å². The minimum atomic E-state index is 0.139. The lowest BCUT2D eigenvalue weighted by molar-refractivity contribution is -0.118. The van der Waals surface area contributed by atoms with E-state index in [1.54, 1.807) is 6.92 Å². The molecule has 0 N–H and O–H groups in total. The number of rotatable bonds is 22. The van der Waals surface area contributed by atoms with E-state index in [4.69, 9.17) is 28.4 Å². The second-order valence-electron chi connectivity index (χ2n) is 5.83. The first-order valence-electron chi connectivity index (χ1n) is 9.73. The van der Waals surface area contributed by atoms with Crippen LogP contribution in [0.25, 0.3) is 0 Å². The number of hydrogen-bond acceptors (Lipinski definition) is 7. The summed E-state index contributed by atoms with van der Waals surface area (Å²) in [5, 5.41) is 0. The van der Waals surface area contributed by atoms with E-state index in [0.717, 1.165) is 13.0 Å². The summed E-state index contributed by atoms with van der Waals surface area (Å²) in [4.78, 5) is 10.7. The minimum Gasteiger partial charge on any atom is -0.379 e. The maximum atomic E-state index is 10.7. The number of unbranched alkanes of at least 4 members (excludes halogenated alkanes) is 2. The summed E-state index contributed by atoms with van der Waals surface area (Å²) in [7, 11) is 0. The van der Waals surface area contributed by atoms with Crippen molar-refractivity contribution in [1.82, 2.24) is 0 Å². The van der Waals surface area contributed by atoms with Crippen molar-refractivity contribution in [3.8, 4) is 0 Å². The molecule has 26 heavy (non-hydrogen) atoms. The lowest BCUT2D eigenvalue weighted by Crippen LogP contribution is -2.14. The highest BCUT2D eigenvalue weighted by atomic mass is 16.6. The Hall–Kier alpha value is -0.570. The maximum Gasteiger partial charge on any atom is 0.132 e. The van der Waals surface area contributed by atoms with Gasteiger partial charge < -0.3 is 28.4 Å². The molecule has 0 heterocycles. The van der Waals surface area contributed by atoms with Gasteiger partial charge in [-0.1, -0.05) is 19.8 Å². The molecule has 0 aliphatic carbocycles. The Labute approximate surface area is 158 Å². The van der Waals surface area contributed by atoms with Crippen LogP contribution in [0.5, 0.6) is 0 Å². The molecule has 0 aromatic rings. The Morgan fingerprint density at radius 3 is 1.23 bits per heavy atom. The van der Waals surface area contributed by atoms with Crippen molar-refractivity contribution in [2.75, 3.05) is 79.3 Å². The molecular weight excluding hydrogens is 340 g/mol. The Bertz CT molecular complexity index is 287. The van der Waals surface area contributed by atoms with Crippen LogP contribution in [0.3, 0.4) is 0 Å². The predicted molar refractivity (Wildman–Crippen MR) is 99.7 cm³/mol. The van der Waals surface area contributed by atoms with Gasteiger partial charge in [-0.2, -0.15) is 0 Å². The van der Waals surface area contributed by atoms with Crippen molar-refractivity contribution in [3.05, 3.63) is 0 Å². The monoisotopic (exact) mass is 378 g/mol. The molecule has 0 unspecified atom stereocenters. The number of ketones is 1. The highest BCUT2D eigenvalue weighted by molar-refractivity contribution is 5.75. The van der Waals surface area contributed by atoms with Gasteiger partial charge in [0.2, 0.25) is 0 Å². The van der Waals surface area contributed by atoms with Crippen molar-refractivity contribution in [1.29, 1.82) is 0 Å². The molecule has 0 aromatic carbocycles. The first kappa shape index (κ1) is 25.4. The molecule has 0 amide bonds. The third-order valence-corrected chi connectivity index (χ3v) is 3.35. The highest BCUT2D eigenvalue weighted by Gasteiger charge is 1.95. The smallest absolute Gasteiger partial charge is 0.132 e. The second kappa shape index (κ2) is 22.5. The number of ether oxygens (including phenoxy) is 6. The zero-order chi connectivity index (χ0) is 19.1. The number of Topliss-reactive ketones (excluding diaryl/α,β-unsaturated/α-hetero) is 1. The van der Waals surface area contributed by atoms with E-state index in [9.17, 15) is 4.79 Å². The van der Waals surface area contributed by atoms with Crippen LogP contribution in [0.4, 0.5) is 0 Å². The average molecular weight is 379 g/mol. The van der Waals surface area contributed by atoms with Gasteiger partial charge in [0.1, 0.15) is 5.78 Å². The lowest BCUT2D eigenvalue weighted by atomic mass is 10.3. The Balaban J connectivity index is 2.98. The van der Waals surface area contributed by atoms with Crippen LogP contribution < -0.4 is 0 Å². The first-order valence-corrected chi connectivity index (χ1v) is 9.73. The lowest BCUT2D eigenvalue weighted by Gasteiger charge is -2.08. The summed E-state index contributed by atoms with van der Waals surface area (Å²) in [5.74, 6) is 0.139. The van der Waals surface area contributed by atoms with E-state index in [0.29, 0.717) is 79.1 Å². The Morgan fingerprint density at radius 2 is 0.885 bits per heavy atom. The molecule has 0 fully saturated rings. The summed E-state index contributed by atoms with van der Waals surface area (Å²) in [6.45, 7) is 10.6. The summed E-state index contributed by atoms with van der Waals surface area (Å²) in [5.41, 5.74) is 0. The van der Waals surface area contributed by atoms with Gasteiger partial charge in [-0.3, -0.25) is 4.79 Å². The molecule has 0 aromatic heterocycles. The quantitative estimate of drug-likeness (QED) is 0.268. The number of carbonyl (C=O) groups excluding carboxylic acids is 1. The first-order chi connectivity index (χ1) is 12.8. The second-order valence-corrected chi connectivity index (χ2v) is 5.83. The molecule has 0 atom stereocenters. The van der Waals surface area contributed by atoms with Crippen LogP contribution in [0.1, 0.15) is 39.5 Å². The molecule has 0 saturated heterocycles. The van der Waals surface area contributed by atoms with Crippen molar-refractivity contribution in [2.24, 2.45) is 0 Å². The zero-order valence-corrected chi connectivity index (χ0v) is 16.7. The van der Waals surface area contributed by atoms with E-state index in [1.165, 1.54) is 12.8 Å². The maximum absolute atomic E-state index is 10.7. The fraction of sp³-hybridized carbons (Fsp3) is 0.947. The summed E-state index contributed by atoms with van der Waals surface area (Å²) in [6.07, 6.45) is 4.02. The van der Waals surface area contributed by atoms with E-state index in [1.807, 2.05) is 0 Å². The molecular formula is C19H38O7. The predicted octanol–water partition coefficient (Wildman–Crippen LogP) is 2.26. The molecule has 0 aliphatic heterocycles. The van der Waals surface area contributed by atoms with Gasteiger partial charge in [0.15, 0.2) is 0 Å². The molecule has 7 nitrogen and oxygen atoms in total. The SMILES string of the molecule is CCCCCOCCOCCOCCOCCOCCOCCC(C)=O. The number of carbonyl (C=O) groups is 1. The van der Waals surface area contributed by atoms with Crippen molar-refractivity contribution < 1.29 is 33.2 Å². The van der Waals surface area contributed by atoms with Gasteiger partial charge in [0, 0.05) is 13.0 Å². The molecule has 0 radical (unpaired) electrons. The molecule has 0 rings (SSSR count). The Kier molecular flexibility index (Phi) is 22.0. The zero-order valence-electron chi connectivity index (χ0n) is 16.7.